The van der Waals surface area contributed by atoms with Crippen molar-refractivity contribution in [1.82, 2.24) is 29.9 Å². The average molecular weight is 869 g/mol. The van der Waals surface area contributed by atoms with Gasteiger partial charge in [0.2, 0.25) is 0 Å². The van der Waals surface area contributed by atoms with Crippen LogP contribution in [0.25, 0.3) is 90.1 Å². The van der Waals surface area contributed by atoms with Crippen LogP contribution >= 0.6 is 0 Å². The first-order valence-corrected chi connectivity index (χ1v) is 23.0. The highest BCUT2D eigenvalue weighted by molar-refractivity contribution is 5.80. The third-order valence-electron chi connectivity index (χ3n) is 13.5. The molecule has 0 amide bonds. The van der Waals surface area contributed by atoms with Crippen LogP contribution in [0.1, 0.15) is 45.2 Å². The van der Waals surface area contributed by atoms with Crippen LogP contribution in [-0.2, 0) is 0 Å². The summed E-state index contributed by atoms with van der Waals surface area (Å²) in [5, 5.41) is 0. The maximum atomic E-state index is 5.32. The third kappa shape index (κ3) is 6.98. The molecule has 3 aliphatic rings. The molecular weight excluding hydrogens is 829 g/mol. The molecule has 1 unspecified atom stereocenters. The summed E-state index contributed by atoms with van der Waals surface area (Å²) < 4.78 is 0. The van der Waals surface area contributed by atoms with E-state index in [4.69, 9.17) is 19.9 Å². The Balaban J connectivity index is 0.922. The molecule has 11 aromatic rings. The Morgan fingerprint density at radius 1 is 0.221 bits per heavy atom. The lowest BCUT2D eigenvalue weighted by molar-refractivity contribution is 0.754. The van der Waals surface area contributed by atoms with Gasteiger partial charge in [0.25, 0.3) is 0 Å². The molecule has 0 saturated heterocycles. The highest BCUT2D eigenvalue weighted by Gasteiger charge is 2.41. The van der Waals surface area contributed by atoms with Crippen molar-refractivity contribution in [3.05, 3.63) is 264 Å². The molecule has 0 spiro atoms. The number of hydrogen-bond acceptors (Lipinski definition) is 6. The maximum absolute atomic E-state index is 5.32. The van der Waals surface area contributed by atoms with Gasteiger partial charge < -0.3 is 0 Å². The van der Waals surface area contributed by atoms with Crippen LogP contribution in [0, 0.1) is 0 Å². The summed E-state index contributed by atoms with van der Waals surface area (Å²) in [6, 6.07) is 73.0. The molecule has 4 heterocycles. The minimum absolute atomic E-state index is 0.0343. The Kier molecular flexibility index (Phi) is 9.53. The molecule has 4 aromatic heterocycles. The van der Waals surface area contributed by atoms with E-state index in [9.17, 15) is 0 Å². The summed E-state index contributed by atoms with van der Waals surface area (Å²) in [5.74, 6) is 1.46. The average Bonchev–Trinajstić information content (AvgIpc) is 3.43. The summed E-state index contributed by atoms with van der Waals surface area (Å²) >= 11 is 0. The van der Waals surface area contributed by atoms with E-state index in [1.54, 1.807) is 0 Å². The molecular formula is C62H40N6. The summed E-state index contributed by atoms with van der Waals surface area (Å²) in [5.41, 5.74) is 21.9. The molecule has 2 bridgehead atoms. The van der Waals surface area contributed by atoms with Gasteiger partial charge >= 0.3 is 0 Å². The Morgan fingerprint density at radius 2 is 0.574 bits per heavy atom. The van der Waals surface area contributed by atoms with Crippen LogP contribution in [0.2, 0.25) is 0 Å². The standard InChI is InChI=1S/C62H40N6/c1-3-11-41(12-4-1)55-37-57(45-17-9-15-43(33-45)39-25-29-63-30-26-39)67-61(65-55)47-21-23-51-53(35-47)59-49-19-7-8-20-50(49)60(51)54-36-48(22-24-52(54)59)62-66-56(42-13-5-2-6-14-42)38-58(68-62)46-18-10-16-44(34-46)40-27-31-64-32-28-40/h1-38,59-60H/t59-,60?/m1/s1. The normalized spacial score (nSPS) is 14.2. The number of pyridine rings is 2. The lowest BCUT2D eigenvalue weighted by Crippen LogP contribution is -2.27. The van der Waals surface area contributed by atoms with Gasteiger partial charge in [0, 0.05) is 70.0 Å². The minimum Gasteiger partial charge on any atom is -0.265 e. The van der Waals surface area contributed by atoms with Crippen molar-refractivity contribution in [3.63, 3.8) is 0 Å². The second-order valence-corrected chi connectivity index (χ2v) is 17.5. The predicted octanol–water partition coefficient (Wildman–Crippen LogP) is 14.4. The molecule has 14 rings (SSSR count). The molecule has 0 N–H and O–H groups in total. The van der Waals surface area contributed by atoms with Crippen molar-refractivity contribution in [2.45, 2.75) is 11.8 Å². The van der Waals surface area contributed by atoms with Crippen LogP contribution in [0.5, 0.6) is 0 Å². The first-order valence-electron chi connectivity index (χ1n) is 23.0. The van der Waals surface area contributed by atoms with Crippen LogP contribution in [0.4, 0.5) is 0 Å². The molecule has 318 valence electrons. The predicted molar refractivity (Wildman–Crippen MR) is 271 cm³/mol. The van der Waals surface area contributed by atoms with E-state index in [0.29, 0.717) is 11.6 Å². The molecule has 0 aliphatic heterocycles. The van der Waals surface area contributed by atoms with E-state index in [1.165, 1.54) is 33.4 Å². The number of aromatic nitrogens is 6. The minimum atomic E-state index is 0.0343. The summed E-state index contributed by atoms with van der Waals surface area (Å²) in [6.45, 7) is 0. The Morgan fingerprint density at radius 3 is 1.00 bits per heavy atom. The van der Waals surface area contributed by atoms with Gasteiger partial charge in [-0.15, -0.1) is 0 Å². The fraction of sp³-hybridized carbons (Fsp3) is 0.0323. The van der Waals surface area contributed by atoms with E-state index in [1.807, 2.05) is 61.2 Å². The highest BCUT2D eigenvalue weighted by atomic mass is 14.9. The van der Waals surface area contributed by atoms with Crippen molar-refractivity contribution in [2.24, 2.45) is 0 Å². The Labute approximate surface area is 394 Å². The van der Waals surface area contributed by atoms with Crippen LogP contribution in [0.3, 0.4) is 0 Å². The first kappa shape index (κ1) is 39.4. The summed E-state index contributed by atoms with van der Waals surface area (Å²) in [4.78, 5) is 29.6. The first-order chi connectivity index (χ1) is 33.7. The maximum Gasteiger partial charge on any atom is 0.160 e. The zero-order chi connectivity index (χ0) is 45.0. The second kappa shape index (κ2) is 16.5. The molecule has 2 atom stereocenters. The topological polar surface area (TPSA) is 77.3 Å². The second-order valence-electron chi connectivity index (χ2n) is 17.5. The quantitative estimate of drug-likeness (QED) is 0.151. The largest absolute Gasteiger partial charge is 0.265 e. The van der Waals surface area contributed by atoms with E-state index < -0.39 is 0 Å². The van der Waals surface area contributed by atoms with Gasteiger partial charge in [0.05, 0.1) is 22.8 Å². The highest BCUT2D eigenvalue weighted by Crippen LogP contribution is 2.56. The molecule has 68 heavy (non-hydrogen) atoms. The fourth-order valence-corrected chi connectivity index (χ4v) is 10.3. The summed E-state index contributed by atoms with van der Waals surface area (Å²) in [6.07, 6.45) is 7.32. The van der Waals surface area contributed by atoms with Crippen molar-refractivity contribution in [3.8, 4) is 90.1 Å². The van der Waals surface area contributed by atoms with Gasteiger partial charge in [-0.1, -0.05) is 146 Å². The van der Waals surface area contributed by atoms with Crippen LogP contribution in [-0.4, -0.2) is 29.9 Å². The molecule has 0 saturated carbocycles. The monoisotopic (exact) mass is 868 g/mol. The van der Waals surface area contributed by atoms with Gasteiger partial charge in [0.15, 0.2) is 11.6 Å². The number of nitrogens with zero attached hydrogens (tertiary/aromatic N) is 6. The van der Waals surface area contributed by atoms with E-state index in [-0.39, 0.29) is 11.8 Å². The molecule has 6 heteroatoms. The molecule has 0 fully saturated rings. The van der Waals surface area contributed by atoms with Crippen LogP contribution < -0.4 is 0 Å². The van der Waals surface area contributed by atoms with Crippen molar-refractivity contribution >= 4 is 0 Å². The summed E-state index contributed by atoms with van der Waals surface area (Å²) in [7, 11) is 0. The SMILES string of the molecule is c1ccc(-c2cc(-c3cccc(-c4ccncc4)c3)nc(-c3ccc4c(c3)C3c5ccccc5[C@H]4c4cc(-c5nc(-c6ccccc6)cc(-c6cccc(-c7ccncc7)c6)n5)ccc43)n2)cc1. The van der Waals surface area contributed by atoms with Gasteiger partial charge in [0.1, 0.15) is 0 Å². The van der Waals surface area contributed by atoms with Gasteiger partial charge in [-0.25, -0.2) is 19.9 Å². The fourth-order valence-electron chi connectivity index (χ4n) is 10.3. The van der Waals surface area contributed by atoms with E-state index in [2.05, 4.69) is 180 Å². The van der Waals surface area contributed by atoms with Crippen molar-refractivity contribution in [1.29, 1.82) is 0 Å². The van der Waals surface area contributed by atoms with Crippen LogP contribution in [0.15, 0.2) is 231 Å². The lowest BCUT2D eigenvalue weighted by Gasteiger charge is -2.42. The molecule has 6 nitrogen and oxygen atoms in total. The van der Waals surface area contributed by atoms with Gasteiger partial charge in [-0.3, -0.25) is 9.97 Å². The molecule has 7 aromatic carbocycles. The third-order valence-corrected chi connectivity index (χ3v) is 13.5. The molecule has 0 radical (unpaired) electrons. The molecule has 3 aliphatic carbocycles. The van der Waals surface area contributed by atoms with Gasteiger partial charge in [-0.05, 0) is 116 Å². The van der Waals surface area contributed by atoms with E-state index in [0.717, 1.165) is 78.4 Å². The number of rotatable bonds is 8. The van der Waals surface area contributed by atoms with E-state index >= 15 is 0 Å². The number of benzene rings is 7. The zero-order valence-electron chi connectivity index (χ0n) is 36.8. The lowest BCUT2D eigenvalue weighted by atomic mass is 9.61. The smallest absolute Gasteiger partial charge is 0.160 e. The Bertz CT molecular complexity index is 3440. The van der Waals surface area contributed by atoms with Crippen molar-refractivity contribution in [2.75, 3.05) is 0 Å². The Hall–Kier alpha value is -9.00. The van der Waals surface area contributed by atoms with Crippen molar-refractivity contribution < 1.29 is 0 Å². The zero-order valence-corrected chi connectivity index (χ0v) is 36.8. The number of hydrogen-bond donors (Lipinski definition) is 0. The van der Waals surface area contributed by atoms with Gasteiger partial charge in [-0.2, -0.15) is 0 Å².